The Balaban J connectivity index is 3.37. The summed E-state index contributed by atoms with van der Waals surface area (Å²) < 4.78 is 21.9. The summed E-state index contributed by atoms with van der Waals surface area (Å²) in [7, 11) is 0. The molecule has 0 fully saturated rings. The summed E-state index contributed by atoms with van der Waals surface area (Å²) in [6.07, 6.45) is 0.625. The fourth-order valence-electron chi connectivity index (χ4n) is 0.667. The van der Waals surface area contributed by atoms with Crippen molar-refractivity contribution in [1.82, 2.24) is 0 Å². The molecule has 6 nitrogen and oxygen atoms in total. The van der Waals surface area contributed by atoms with Crippen LogP contribution in [0.15, 0.2) is 0 Å². The third-order valence-corrected chi connectivity index (χ3v) is 1.51. The molecule has 0 amide bonds. The first-order valence-electron chi connectivity index (χ1n) is 3.56. The molecular formula is C6H10O6S. The average Bonchev–Trinajstić information content (AvgIpc) is 1.96. The predicted molar refractivity (Wildman–Crippen MR) is 43.0 cm³/mol. The number of carbonyl (C=O) groups is 2. The van der Waals surface area contributed by atoms with Gasteiger partial charge in [-0.05, 0) is 12.8 Å². The van der Waals surface area contributed by atoms with E-state index in [1.54, 1.807) is 0 Å². The van der Waals surface area contributed by atoms with Gasteiger partial charge < -0.3 is 9.29 Å². The van der Waals surface area contributed by atoms with E-state index >= 15 is 0 Å². The Morgan fingerprint density at radius 3 is 2.23 bits per heavy atom. The van der Waals surface area contributed by atoms with Crippen molar-refractivity contribution >= 4 is 23.3 Å². The van der Waals surface area contributed by atoms with Gasteiger partial charge >= 0.3 is 23.3 Å². The molecule has 0 heterocycles. The van der Waals surface area contributed by atoms with E-state index in [9.17, 15) is 13.8 Å². The molecule has 0 saturated heterocycles. The highest BCUT2D eigenvalue weighted by Crippen LogP contribution is 2.01. The zero-order valence-corrected chi connectivity index (χ0v) is 7.58. The third-order valence-electron chi connectivity index (χ3n) is 1.19. The SMILES string of the molecule is O=C(O)CCCCC(=O)OS(=O)O. The summed E-state index contributed by atoms with van der Waals surface area (Å²) in [5, 5.41) is 8.22. The van der Waals surface area contributed by atoms with E-state index in [0.29, 0.717) is 12.8 Å². The second-order valence-corrected chi connectivity index (χ2v) is 2.87. The van der Waals surface area contributed by atoms with Crippen LogP contribution >= 0.6 is 0 Å². The quantitative estimate of drug-likeness (QED) is 0.483. The van der Waals surface area contributed by atoms with Crippen LogP contribution in [0.1, 0.15) is 25.7 Å². The normalized spacial score (nSPS) is 12.1. The van der Waals surface area contributed by atoms with Gasteiger partial charge in [-0.1, -0.05) is 0 Å². The van der Waals surface area contributed by atoms with Crippen LogP contribution in [0.3, 0.4) is 0 Å². The van der Waals surface area contributed by atoms with Gasteiger partial charge in [0.05, 0.1) is 0 Å². The maximum absolute atomic E-state index is 10.6. The Morgan fingerprint density at radius 1 is 1.23 bits per heavy atom. The van der Waals surface area contributed by atoms with Gasteiger partial charge in [-0.3, -0.25) is 14.1 Å². The van der Waals surface area contributed by atoms with Crippen LogP contribution < -0.4 is 0 Å². The monoisotopic (exact) mass is 210 g/mol. The molecule has 0 aliphatic heterocycles. The first kappa shape index (κ1) is 12.0. The lowest BCUT2D eigenvalue weighted by molar-refractivity contribution is -0.138. The summed E-state index contributed by atoms with van der Waals surface area (Å²) >= 11 is -2.58. The Morgan fingerprint density at radius 2 is 1.77 bits per heavy atom. The Kier molecular flexibility index (Phi) is 6.07. The van der Waals surface area contributed by atoms with E-state index in [2.05, 4.69) is 4.18 Å². The number of hydrogen-bond donors (Lipinski definition) is 2. The molecule has 0 aromatic rings. The van der Waals surface area contributed by atoms with E-state index in [4.69, 9.17) is 9.66 Å². The van der Waals surface area contributed by atoms with Crippen LogP contribution in [0, 0.1) is 0 Å². The molecule has 1 atom stereocenters. The Labute approximate surface area is 77.4 Å². The van der Waals surface area contributed by atoms with Gasteiger partial charge in [0.1, 0.15) is 0 Å². The minimum atomic E-state index is -2.58. The van der Waals surface area contributed by atoms with Crippen molar-refractivity contribution in [1.29, 1.82) is 0 Å². The van der Waals surface area contributed by atoms with Crippen LogP contribution in [-0.2, 0) is 25.1 Å². The van der Waals surface area contributed by atoms with Crippen molar-refractivity contribution in [3.63, 3.8) is 0 Å². The smallest absolute Gasteiger partial charge is 0.360 e. The molecule has 2 N–H and O–H groups in total. The van der Waals surface area contributed by atoms with Crippen molar-refractivity contribution in [2.75, 3.05) is 0 Å². The van der Waals surface area contributed by atoms with E-state index in [0.717, 1.165) is 0 Å². The molecule has 1 unspecified atom stereocenters. The summed E-state index contributed by atoms with van der Waals surface area (Å²) in [6, 6.07) is 0. The number of carboxylic acid groups (broad SMARTS) is 1. The van der Waals surface area contributed by atoms with Gasteiger partial charge in [-0.2, -0.15) is 4.21 Å². The molecule has 13 heavy (non-hydrogen) atoms. The highest BCUT2D eigenvalue weighted by molar-refractivity contribution is 7.74. The van der Waals surface area contributed by atoms with E-state index in [-0.39, 0.29) is 12.8 Å². The van der Waals surface area contributed by atoms with E-state index < -0.39 is 23.3 Å². The van der Waals surface area contributed by atoms with Gasteiger partial charge in [0, 0.05) is 12.8 Å². The second kappa shape index (κ2) is 6.55. The van der Waals surface area contributed by atoms with Gasteiger partial charge in [0.25, 0.3) is 0 Å². The molecule has 7 heteroatoms. The summed E-state index contributed by atoms with van der Waals surface area (Å²) in [6.45, 7) is 0. The summed E-state index contributed by atoms with van der Waals surface area (Å²) in [5.74, 6) is -1.73. The number of hydrogen-bond acceptors (Lipinski definition) is 4. The number of unbranched alkanes of at least 4 members (excludes halogenated alkanes) is 1. The molecule has 0 radical (unpaired) electrons. The van der Waals surface area contributed by atoms with Crippen LogP contribution in [0.4, 0.5) is 0 Å². The van der Waals surface area contributed by atoms with E-state index in [1.165, 1.54) is 0 Å². The molecule has 0 aromatic carbocycles. The average molecular weight is 210 g/mol. The zero-order chi connectivity index (χ0) is 10.3. The second-order valence-electron chi connectivity index (χ2n) is 2.27. The lowest BCUT2D eigenvalue weighted by Gasteiger charge is -1.97. The first-order valence-corrected chi connectivity index (χ1v) is 4.59. The number of aliphatic carboxylic acids is 1. The van der Waals surface area contributed by atoms with Gasteiger partial charge in [0.2, 0.25) is 0 Å². The lowest BCUT2D eigenvalue weighted by atomic mass is 10.2. The molecular weight excluding hydrogens is 200 g/mol. The molecule has 76 valence electrons. The highest BCUT2D eigenvalue weighted by Gasteiger charge is 2.06. The molecule has 0 rings (SSSR count). The topological polar surface area (TPSA) is 101 Å². The molecule has 0 bridgehead atoms. The maximum Gasteiger partial charge on any atom is 0.360 e. The molecule has 0 saturated carbocycles. The number of carbonyl (C=O) groups excluding carboxylic acids is 1. The summed E-state index contributed by atoms with van der Waals surface area (Å²) in [4.78, 5) is 20.6. The van der Waals surface area contributed by atoms with Crippen molar-refractivity contribution in [3.05, 3.63) is 0 Å². The zero-order valence-electron chi connectivity index (χ0n) is 6.76. The highest BCUT2D eigenvalue weighted by atomic mass is 32.2. The fraction of sp³-hybridized carbons (Fsp3) is 0.667. The molecule has 0 aromatic heterocycles. The van der Waals surface area contributed by atoms with Crippen LogP contribution in [0.25, 0.3) is 0 Å². The maximum atomic E-state index is 10.6. The number of carboxylic acids is 1. The van der Waals surface area contributed by atoms with Crippen molar-refractivity contribution < 1.29 is 27.6 Å². The third kappa shape index (κ3) is 8.96. The van der Waals surface area contributed by atoms with E-state index in [1.807, 2.05) is 0 Å². The van der Waals surface area contributed by atoms with Crippen molar-refractivity contribution in [2.45, 2.75) is 25.7 Å². The van der Waals surface area contributed by atoms with Gasteiger partial charge in [-0.15, -0.1) is 0 Å². The first-order chi connectivity index (χ1) is 6.02. The Hall–Kier alpha value is -0.950. The van der Waals surface area contributed by atoms with Gasteiger partial charge in [0.15, 0.2) is 0 Å². The predicted octanol–water partition coefficient (Wildman–Crippen LogP) is 0.311. The van der Waals surface area contributed by atoms with Crippen molar-refractivity contribution in [3.8, 4) is 0 Å². The standard InChI is InChI=1S/C6H10O6S/c7-5(8)3-1-2-4-6(9)12-13(10)11/h1-4H2,(H,7,8)(H,10,11). The minimum Gasteiger partial charge on any atom is -0.481 e. The van der Waals surface area contributed by atoms with Crippen molar-refractivity contribution in [2.24, 2.45) is 0 Å². The van der Waals surface area contributed by atoms with Crippen LogP contribution in [-0.4, -0.2) is 25.8 Å². The largest absolute Gasteiger partial charge is 0.481 e. The fourth-order valence-corrected chi connectivity index (χ4v) is 0.909. The molecule has 0 aliphatic rings. The summed E-state index contributed by atoms with van der Waals surface area (Å²) in [5.41, 5.74) is 0. The van der Waals surface area contributed by atoms with Crippen LogP contribution in [0.2, 0.25) is 0 Å². The molecule has 0 aliphatic carbocycles. The molecule has 0 spiro atoms. The lowest BCUT2D eigenvalue weighted by Crippen LogP contribution is -2.06. The van der Waals surface area contributed by atoms with Crippen LogP contribution in [0.5, 0.6) is 0 Å². The Bertz CT molecular complexity index is 213. The number of rotatable bonds is 6. The minimum absolute atomic E-state index is 0.0184. The van der Waals surface area contributed by atoms with Gasteiger partial charge in [-0.25, -0.2) is 0 Å².